The van der Waals surface area contributed by atoms with Gasteiger partial charge in [0.15, 0.2) is 11.5 Å². The summed E-state index contributed by atoms with van der Waals surface area (Å²) < 4.78 is 156. The number of ketones is 1. The van der Waals surface area contributed by atoms with Crippen molar-refractivity contribution in [3.63, 3.8) is 0 Å². The van der Waals surface area contributed by atoms with Crippen LogP contribution in [0.5, 0.6) is 11.5 Å². The highest BCUT2D eigenvalue weighted by atomic mass is 19.3. The molecule has 0 amide bonds. The van der Waals surface area contributed by atoms with E-state index in [1.165, 1.54) is 0 Å². The van der Waals surface area contributed by atoms with Crippen LogP contribution in [0.25, 0.3) is 10.9 Å². The fraction of sp³-hybridized carbons (Fsp3) is 0.464. The third-order valence-corrected chi connectivity index (χ3v) is 6.37. The summed E-state index contributed by atoms with van der Waals surface area (Å²) in [7, 11) is 0. The van der Waals surface area contributed by atoms with Crippen LogP contribution in [0.1, 0.15) is 73.2 Å². The van der Waals surface area contributed by atoms with E-state index in [9.17, 15) is 23.8 Å². The molecule has 3 aromatic rings. The Morgan fingerprint density at radius 2 is 1.95 bits per heavy atom. The van der Waals surface area contributed by atoms with Gasteiger partial charge >= 0.3 is 6.29 Å². The minimum absolute atomic E-state index is 0.198. The molecular weight excluding hydrogens is 487 g/mol. The Morgan fingerprint density at radius 3 is 2.59 bits per heavy atom. The van der Waals surface area contributed by atoms with Crippen LogP contribution in [0.2, 0.25) is 0 Å². The molecule has 9 heteroatoms. The van der Waals surface area contributed by atoms with Gasteiger partial charge in [0.1, 0.15) is 11.6 Å². The van der Waals surface area contributed by atoms with E-state index in [1.54, 1.807) is 20.8 Å². The number of aliphatic hydroxyl groups is 2. The molecule has 0 radical (unpaired) electrons. The molecule has 2 N–H and O–H groups in total. The van der Waals surface area contributed by atoms with Crippen molar-refractivity contribution in [2.45, 2.75) is 76.1 Å². The summed E-state index contributed by atoms with van der Waals surface area (Å²) in [5.74, 6) is -5.49. The zero-order chi connectivity index (χ0) is 37.4. The van der Waals surface area contributed by atoms with Gasteiger partial charge in [0.25, 0.3) is 0 Å². The monoisotopic (exact) mass is 529 g/mol. The lowest BCUT2D eigenvalue weighted by molar-refractivity contribution is -0.286. The second-order valence-electron chi connectivity index (χ2n) is 9.32. The maximum atomic E-state index is 16.2. The molecule has 0 spiro atoms. The van der Waals surface area contributed by atoms with Crippen molar-refractivity contribution >= 4 is 16.7 Å². The predicted molar refractivity (Wildman–Crippen MR) is 131 cm³/mol. The van der Waals surface area contributed by atoms with Crippen molar-refractivity contribution in [3.8, 4) is 11.5 Å². The molecule has 198 valence electrons. The number of aliphatic hydroxyl groups excluding tert-OH is 2. The third kappa shape index (κ3) is 4.48. The molecule has 1 aliphatic heterocycles. The molecule has 2 aliphatic rings. The standard InChI is InChI=1S/C28H30F3NO5/c1-4-26(2,3)24-10-17-9-16(20(29)13-21(17)32(24)14-19(34)15-33)11-25(35)27(7-8-27)18-5-6-22-23(12-18)37-28(30,31)36-22/h5-6,9-10,12-13,19,33-34H,4,7-8,11,14-15H2,1-3H3/t19-/m1/s1/i5D,6D,7D2,8D2,9D,10D,12D,13D,14D2. The highest BCUT2D eigenvalue weighted by Crippen LogP contribution is 2.52. The summed E-state index contributed by atoms with van der Waals surface area (Å²) in [6.45, 7) is 0.728. The Balaban J connectivity index is 1.79. The van der Waals surface area contributed by atoms with Crippen LogP contribution >= 0.6 is 0 Å². The van der Waals surface area contributed by atoms with Gasteiger partial charge in [-0.15, -0.1) is 8.78 Å². The maximum absolute atomic E-state index is 16.2. The first kappa shape index (κ1) is 14.8. The number of nitrogens with zero attached hydrogens (tertiary/aromatic N) is 1. The molecule has 2 aromatic carbocycles. The fourth-order valence-corrected chi connectivity index (χ4v) is 3.86. The molecule has 0 saturated heterocycles. The van der Waals surface area contributed by atoms with Crippen molar-refractivity contribution in [2.75, 3.05) is 6.61 Å². The van der Waals surface area contributed by atoms with E-state index in [-0.39, 0.29) is 12.1 Å². The number of alkyl halides is 2. The third-order valence-electron chi connectivity index (χ3n) is 6.37. The van der Waals surface area contributed by atoms with Crippen molar-refractivity contribution in [1.82, 2.24) is 4.57 Å². The Bertz CT molecular complexity index is 1930. The van der Waals surface area contributed by atoms with Gasteiger partial charge in [-0.25, -0.2) is 4.39 Å². The van der Waals surface area contributed by atoms with E-state index in [2.05, 4.69) is 9.47 Å². The van der Waals surface area contributed by atoms with Crippen LogP contribution < -0.4 is 9.47 Å². The summed E-state index contributed by atoms with van der Waals surface area (Å²) in [4.78, 5) is 14.2. The topological polar surface area (TPSA) is 80.9 Å². The van der Waals surface area contributed by atoms with Gasteiger partial charge in [0, 0.05) is 28.4 Å². The smallest absolute Gasteiger partial charge is 0.395 e. The number of benzene rings is 2. The van der Waals surface area contributed by atoms with E-state index in [4.69, 9.17) is 16.4 Å². The van der Waals surface area contributed by atoms with Crippen molar-refractivity contribution in [2.24, 2.45) is 0 Å². The van der Waals surface area contributed by atoms with Crippen molar-refractivity contribution < 1.29 is 54.1 Å². The molecule has 2 heterocycles. The predicted octanol–water partition coefficient (Wildman–Crippen LogP) is 4.99. The summed E-state index contributed by atoms with van der Waals surface area (Å²) in [6.07, 6.45) is -14.3. The molecule has 0 bridgehead atoms. The molecule has 5 rings (SSSR count). The molecule has 1 fully saturated rings. The molecule has 1 aromatic heterocycles. The van der Waals surface area contributed by atoms with Gasteiger partial charge in [-0.3, -0.25) is 4.79 Å². The van der Waals surface area contributed by atoms with Gasteiger partial charge in [-0.1, -0.05) is 26.8 Å². The molecule has 6 nitrogen and oxygen atoms in total. The number of hydrogen-bond acceptors (Lipinski definition) is 5. The number of halogens is 3. The molecule has 1 atom stereocenters. The van der Waals surface area contributed by atoms with Crippen LogP contribution in [0.4, 0.5) is 13.2 Å². The lowest BCUT2D eigenvalue weighted by Crippen LogP contribution is -2.26. The van der Waals surface area contributed by atoms with Crippen molar-refractivity contribution in [1.29, 1.82) is 0 Å². The number of ether oxygens (including phenoxy) is 2. The van der Waals surface area contributed by atoms with Crippen LogP contribution in [0.15, 0.2) is 36.3 Å². The van der Waals surface area contributed by atoms with E-state index in [1.807, 2.05) is 0 Å². The number of hydrogen-bond donors (Lipinski definition) is 2. The van der Waals surface area contributed by atoms with E-state index in [0.29, 0.717) is 4.57 Å². The van der Waals surface area contributed by atoms with Crippen LogP contribution in [-0.4, -0.2) is 39.6 Å². The fourth-order valence-electron chi connectivity index (χ4n) is 3.86. The Hall–Kier alpha value is -3.04. The first-order valence-corrected chi connectivity index (χ1v) is 11.3. The average Bonchev–Trinajstić information content (AvgIpc) is 3.31. The Labute approximate surface area is 229 Å². The Kier molecular flexibility index (Phi) is 3.50. The number of rotatable bonds is 9. The molecule has 37 heavy (non-hydrogen) atoms. The lowest BCUT2D eigenvalue weighted by atomic mass is 9.86. The van der Waals surface area contributed by atoms with Crippen LogP contribution in [0.3, 0.4) is 0 Å². The number of Topliss-reactive ketones (excluding diaryl/α,β-unsaturated/α-hetero) is 1. The molecule has 1 aliphatic carbocycles. The van der Waals surface area contributed by atoms with Gasteiger partial charge in [0.05, 0.1) is 41.1 Å². The van der Waals surface area contributed by atoms with E-state index >= 15 is 4.39 Å². The number of carbonyl (C=O) groups is 1. The number of carbonyl (C=O) groups excluding carboxylic acids is 1. The first-order valence-electron chi connectivity index (χ1n) is 17.3. The minimum Gasteiger partial charge on any atom is -0.395 e. The lowest BCUT2D eigenvalue weighted by Gasteiger charge is -2.26. The Morgan fingerprint density at radius 1 is 1.24 bits per heavy atom. The molecule has 1 saturated carbocycles. The van der Waals surface area contributed by atoms with Gasteiger partial charge in [0.2, 0.25) is 0 Å². The van der Waals surface area contributed by atoms with E-state index in [0.717, 1.165) is 0 Å². The first-order chi connectivity index (χ1) is 22.2. The van der Waals surface area contributed by atoms with Gasteiger partial charge < -0.3 is 24.3 Å². The quantitative estimate of drug-likeness (QED) is 0.409. The van der Waals surface area contributed by atoms with Crippen LogP contribution in [0, 0.1) is 5.82 Å². The second-order valence-corrected chi connectivity index (χ2v) is 9.32. The summed E-state index contributed by atoms with van der Waals surface area (Å²) in [5, 5.41) is 19.4. The summed E-state index contributed by atoms with van der Waals surface area (Å²) >= 11 is 0. The number of fused-ring (bicyclic) bond motifs is 2. The normalized spacial score (nSPS) is 26.1. The number of aromatic nitrogens is 1. The molecule has 0 unspecified atom stereocenters. The zero-order valence-electron chi connectivity index (χ0n) is 31.9. The minimum atomic E-state index is -4.42. The SMILES string of the molecule is [2H]c1c([2H])c(C2(C(=O)Cc3c(F)c([2H])c4c(c3[2H])c([2H])c(C(C)(C)CC)n4C([2H])([2H])[C@@H](O)CO)C([2H])([2H])C2([2H])[2H])c([2H])c2c1OC(F)(F)O2. The van der Waals surface area contributed by atoms with Gasteiger partial charge in [-0.05, 0) is 60.5 Å². The zero-order valence-corrected chi connectivity index (χ0v) is 19.9. The summed E-state index contributed by atoms with van der Waals surface area (Å²) in [6, 6.07) is -6.39. The van der Waals surface area contributed by atoms with Crippen molar-refractivity contribution in [3.05, 3.63) is 58.9 Å². The summed E-state index contributed by atoms with van der Waals surface area (Å²) in [5.41, 5.74) is -7.34. The largest absolute Gasteiger partial charge is 0.586 e. The average molecular weight is 530 g/mol. The molecular formula is C28H30F3NO5. The van der Waals surface area contributed by atoms with E-state index < -0.39 is 137 Å². The van der Waals surface area contributed by atoms with Crippen LogP contribution in [-0.2, 0) is 28.5 Å². The maximum Gasteiger partial charge on any atom is 0.586 e. The highest BCUT2D eigenvalue weighted by Gasteiger charge is 2.52. The second kappa shape index (κ2) is 8.77. The van der Waals surface area contributed by atoms with Gasteiger partial charge in [-0.2, -0.15) is 0 Å². The highest BCUT2D eigenvalue weighted by molar-refractivity contribution is 5.95.